The van der Waals surface area contributed by atoms with Gasteiger partial charge in [-0.1, -0.05) is 32.4 Å². The summed E-state index contributed by atoms with van der Waals surface area (Å²) in [6, 6.07) is 6.08. The van der Waals surface area contributed by atoms with Crippen LogP contribution in [-0.2, 0) is 0 Å². The van der Waals surface area contributed by atoms with E-state index < -0.39 is 0 Å². The summed E-state index contributed by atoms with van der Waals surface area (Å²) in [6.45, 7) is 11.6. The molecule has 0 amide bonds. The van der Waals surface area contributed by atoms with Crippen LogP contribution >= 0.6 is 23.2 Å². The molecule has 2 aromatic rings. The Hall–Kier alpha value is -1.10. The highest BCUT2D eigenvalue weighted by Gasteiger charge is 2.16. The molecule has 1 saturated heterocycles. The number of fused-ring (bicyclic) bond motifs is 1. The number of hydrogen-bond donors (Lipinski definition) is 0. The first-order chi connectivity index (χ1) is 10.7. The predicted molar refractivity (Wildman–Crippen MR) is 95.2 cm³/mol. The number of anilines is 1. The summed E-state index contributed by atoms with van der Waals surface area (Å²) < 4.78 is 0. The number of likely N-dealkylation sites (N-methyl/N-ethyl adjacent to an activating group) is 1. The molecule has 2 heterocycles. The summed E-state index contributed by atoms with van der Waals surface area (Å²) in [5, 5.41) is 1.45. The highest BCUT2D eigenvalue weighted by molar-refractivity contribution is 6.35. The molecule has 0 atom stereocenters. The van der Waals surface area contributed by atoms with Gasteiger partial charge in [0.1, 0.15) is 5.15 Å². The van der Waals surface area contributed by atoms with E-state index in [2.05, 4.69) is 38.8 Å². The largest absolute Gasteiger partial charge is 0.369 e. The summed E-state index contributed by atoms with van der Waals surface area (Å²) in [5.74, 6) is 0. The zero-order valence-corrected chi connectivity index (χ0v) is 14.8. The Labute approximate surface area is 142 Å². The van der Waals surface area contributed by atoms with Gasteiger partial charge in [0, 0.05) is 37.3 Å². The van der Waals surface area contributed by atoms with Gasteiger partial charge in [0.2, 0.25) is 5.28 Å². The molecule has 0 aliphatic carbocycles. The third-order valence-corrected chi connectivity index (χ3v) is 4.25. The van der Waals surface area contributed by atoms with Crippen LogP contribution in [0.25, 0.3) is 10.9 Å². The highest BCUT2D eigenvalue weighted by atomic mass is 35.5. The Morgan fingerprint density at radius 1 is 1.05 bits per heavy atom. The van der Waals surface area contributed by atoms with Crippen molar-refractivity contribution in [2.45, 2.75) is 20.8 Å². The molecule has 0 N–H and O–H groups in total. The van der Waals surface area contributed by atoms with Crippen molar-refractivity contribution in [2.24, 2.45) is 0 Å². The second-order valence-electron chi connectivity index (χ2n) is 4.91. The second kappa shape index (κ2) is 7.95. The van der Waals surface area contributed by atoms with E-state index in [1.807, 2.05) is 19.9 Å². The minimum absolute atomic E-state index is 0.187. The Balaban J connectivity index is 0.000000847. The number of hydrogen-bond acceptors (Lipinski definition) is 4. The average molecular weight is 341 g/mol. The Bertz CT molecular complexity index is 625. The fraction of sp³-hybridized carbons (Fsp3) is 0.500. The predicted octanol–water partition coefficient (Wildman–Crippen LogP) is 4.10. The summed E-state index contributed by atoms with van der Waals surface area (Å²) >= 11 is 12.0. The molecule has 22 heavy (non-hydrogen) atoms. The number of halogens is 2. The van der Waals surface area contributed by atoms with Gasteiger partial charge in [-0.2, -0.15) is 0 Å². The van der Waals surface area contributed by atoms with E-state index in [1.54, 1.807) is 0 Å². The van der Waals surface area contributed by atoms with E-state index in [0.717, 1.165) is 43.6 Å². The van der Waals surface area contributed by atoms with Crippen LogP contribution in [0.5, 0.6) is 0 Å². The fourth-order valence-electron chi connectivity index (χ4n) is 2.57. The van der Waals surface area contributed by atoms with Gasteiger partial charge in [-0.25, -0.2) is 9.97 Å². The molecule has 1 aromatic carbocycles. The normalized spacial score (nSPS) is 15.6. The summed E-state index contributed by atoms with van der Waals surface area (Å²) in [7, 11) is 0. The third kappa shape index (κ3) is 3.80. The molecule has 1 aliphatic heterocycles. The van der Waals surface area contributed by atoms with Crippen molar-refractivity contribution in [3.8, 4) is 0 Å². The lowest BCUT2D eigenvalue weighted by Crippen LogP contribution is -2.46. The van der Waals surface area contributed by atoms with Crippen LogP contribution in [0.4, 0.5) is 5.69 Å². The molecule has 0 unspecified atom stereocenters. The van der Waals surface area contributed by atoms with E-state index in [1.165, 1.54) is 5.69 Å². The smallest absolute Gasteiger partial charge is 0.224 e. The van der Waals surface area contributed by atoms with Gasteiger partial charge >= 0.3 is 0 Å². The molecule has 1 aliphatic rings. The quantitative estimate of drug-likeness (QED) is 0.608. The zero-order chi connectivity index (χ0) is 16.1. The minimum Gasteiger partial charge on any atom is -0.369 e. The number of benzene rings is 1. The lowest BCUT2D eigenvalue weighted by Gasteiger charge is -2.35. The molecular formula is C16H22Cl2N4. The molecule has 0 radical (unpaired) electrons. The first-order valence-corrected chi connectivity index (χ1v) is 8.53. The third-order valence-electron chi connectivity index (χ3n) is 3.79. The Kier molecular flexibility index (Phi) is 6.24. The summed E-state index contributed by atoms with van der Waals surface area (Å²) in [4.78, 5) is 13.0. The lowest BCUT2D eigenvalue weighted by molar-refractivity contribution is 0.271. The first-order valence-electron chi connectivity index (χ1n) is 7.77. The van der Waals surface area contributed by atoms with Gasteiger partial charge in [0.05, 0.1) is 5.52 Å². The van der Waals surface area contributed by atoms with Gasteiger partial charge in [0.15, 0.2) is 0 Å². The molecule has 6 heteroatoms. The standard InChI is InChI=1S/C14H16Cl2N4.C2H6/c1-2-19-5-7-20(8-6-19)10-3-4-12-11(9-10)13(15)18-14(16)17-12;1-2/h3-4,9H,2,5-8H2,1H3;1-2H3. The number of rotatable bonds is 2. The van der Waals surface area contributed by atoms with Crippen molar-refractivity contribution in [1.29, 1.82) is 0 Å². The van der Waals surface area contributed by atoms with Crippen molar-refractivity contribution in [3.63, 3.8) is 0 Å². The fourth-order valence-corrected chi connectivity index (χ4v) is 3.02. The van der Waals surface area contributed by atoms with Crippen molar-refractivity contribution < 1.29 is 0 Å². The first kappa shape index (κ1) is 17.3. The Morgan fingerprint density at radius 2 is 1.73 bits per heavy atom. The number of nitrogens with zero attached hydrogens (tertiary/aromatic N) is 4. The molecule has 1 aromatic heterocycles. The molecule has 0 saturated carbocycles. The zero-order valence-electron chi connectivity index (χ0n) is 13.3. The summed E-state index contributed by atoms with van der Waals surface area (Å²) in [6.07, 6.45) is 0. The van der Waals surface area contributed by atoms with Crippen LogP contribution in [-0.4, -0.2) is 47.6 Å². The number of piperazine rings is 1. The maximum Gasteiger partial charge on any atom is 0.224 e. The molecule has 1 fully saturated rings. The van der Waals surface area contributed by atoms with Gasteiger partial charge < -0.3 is 9.80 Å². The molecule has 4 nitrogen and oxygen atoms in total. The van der Waals surface area contributed by atoms with Crippen LogP contribution in [0.15, 0.2) is 18.2 Å². The van der Waals surface area contributed by atoms with Gasteiger partial charge in [-0.3, -0.25) is 0 Å². The van der Waals surface area contributed by atoms with Gasteiger partial charge in [-0.05, 0) is 36.3 Å². The van der Waals surface area contributed by atoms with Crippen LogP contribution < -0.4 is 4.90 Å². The average Bonchev–Trinajstić information content (AvgIpc) is 2.56. The van der Waals surface area contributed by atoms with Crippen molar-refractivity contribution >= 4 is 39.8 Å². The Morgan fingerprint density at radius 3 is 2.36 bits per heavy atom. The maximum atomic E-state index is 6.16. The van der Waals surface area contributed by atoms with Crippen molar-refractivity contribution in [1.82, 2.24) is 14.9 Å². The van der Waals surface area contributed by atoms with Crippen molar-refractivity contribution in [2.75, 3.05) is 37.6 Å². The topological polar surface area (TPSA) is 32.3 Å². The second-order valence-corrected chi connectivity index (χ2v) is 5.60. The molecule has 0 bridgehead atoms. The van der Waals surface area contributed by atoms with E-state index >= 15 is 0 Å². The lowest BCUT2D eigenvalue weighted by atomic mass is 10.2. The maximum absolute atomic E-state index is 6.16. The van der Waals surface area contributed by atoms with Gasteiger partial charge in [0.25, 0.3) is 0 Å². The minimum atomic E-state index is 0.187. The monoisotopic (exact) mass is 340 g/mol. The van der Waals surface area contributed by atoms with Crippen LogP contribution in [0, 0.1) is 0 Å². The SMILES string of the molecule is CC.CCN1CCN(c2ccc3nc(Cl)nc(Cl)c3c2)CC1. The van der Waals surface area contributed by atoms with Crippen LogP contribution in [0.1, 0.15) is 20.8 Å². The van der Waals surface area contributed by atoms with Gasteiger partial charge in [-0.15, -0.1) is 0 Å². The molecule has 3 rings (SSSR count). The van der Waals surface area contributed by atoms with Crippen LogP contribution in [0.3, 0.4) is 0 Å². The van der Waals surface area contributed by atoms with E-state index in [4.69, 9.17) is 23.2 Å². The molecule has 0 spiro atoms. The molecular weight excluding hydrogens is 319 g/mol. The van der Waals surface area contributed by atoms with E-state index in [9.17, 15) is 0 Å². The van der Waals surface area contributed by atoms with Crippen LogP contribution in [0.2, 0.25) is 10.4 Å². The highest BCUT2D eigenvalue weighted by Crippen LogP contribution is 2.27. The number of aromatic nitrogens is 2. The van der Waals surface area contributed by atoms with Crippen molar-refractivity contribution in [3.05, 3.63) is 28.6 Å². The van der Waals surface area contributed by atoms with E-state index in [-0.39, 0.29) is 5.28 Å². The summed E-state index contributed by atoms with van der Waals surface area (Å²) in [5.41, 5.74) is 1.95. The van der Waals surface area contributed by atoms with E-state index in [0.29, 0.717) is 5.15 Å². The molecule has 120 valence electrons.